The van der Waals surface area contributed by atoms with Gasteiger partial charge in [0.2, 0.25) is 15.9 Å². The third-order valence-electron chi connectivity index (χ3n) is 6.63. The lowest BCUT2D eigenvalue weighted by Gasteiger charge is -2.33. The van der Waals surface area contributed by atoms with E-state index in [4.69, 9.17) is 4.98 Å². The van der Waals surface area contributed by atoms with E-state index in [0.29, 0.717) is 42.5 Å². The maximum absolute atomic E-state index is 13.8. The highest BCUT2D eigenvalue weighted by molar-refractivity contribution is 7.89. The Morgan fingerprint density at radius 3 is 2.47 bits per heavy atom. The molecule has 5 rings (SSSR count). The van der Waals surface area contributed by atoms with Crippen LogP contribution >= 0.6 is 11.3 Å². The van der Waals surface area contributed by atoms with Gasteiger partial charge in [0.1, 0.15) is 0 Å². The van der Waals surface area contributed by atoms with Crippen LogP contribution in [0.25, 0.3) is 10.2 Å². The Kier molecular flexibility index (Phi) is 6.87. The molecule has 36 heavy (non-hydrogen) atoms. The molecule has 3 heterocycles. The summed E-state index contributed by atoms with van der Waals surface area (Å²) in [6, 6.07) is 16.7. The van der Waals surface area contributed by atoms with Crippen molar-refractivity contribution in [1.82, 2.24) is 14.3 Å². The summed E-state index contributed by atoms with van der Waals surface area (Å²) in [5.74, 6) is -0.304. The number of rotatable bonds is 6. The normalized spacial score (nSPS) is 15.3. The number of para-hydroxylation sites is 1. The number of anilines is 1. The predicted molar refractivity (Wildman–Crippen MR) is 142 cm³/mol. The third kappa shape index (κ3) is 4.91. The Labute approximate surface area is 215 Å². The first-order chi connectivity index (χ1) is 17.3. The highest BCUT2D eigenvalue weighted by Crippen LogP contribution is 2.34. The van der Waals surface area contributed by atoms with Crippen LogP contribution in [0.1, 0.15) is 29.5 Å². The van der Waals surface area contributed by atoms with Gasteiger partial charge in [-0.25, -0.2) is 13.4 Å². The van der Waals surface area contributed by atoms with E-state index >= 15 is 0 Å². The smallest absolute Gasteiger partial charge is 0.243 e. The molecule has 1 aliphatic heterocycles. The third-order valence-corrected chi connectivity index (χ3v) is 9.59. The van der Waals surface area contributed by atoms with Crippen LogP contribution in [0.15, 0.2) is 71.9 Å². The zero-order valence-corrected chi connectivity index (χ0v) is 21.9. The number of thiazole rings is 1. The van der Waals surface area contributed by atoms with Gasteiger partial charge in [-0.05, 0) is 62.1 Å². The molecule has 0 N–H and O–H groups in total. The molecular weight excluding hydrogens is 492 g/mol. The summed E-state index contributed by atoms with van der Waals surface area (Å²) in [5.41, 5.74) is 3.90. The van der Waals surface area contributed by atoms with Gasteiger partial charge in [0, 0.05) is 31.4 Å². The second-order valence-electron chi connectivity index (χ2n) is 9.20. The second kappa shape index (κ2) is 10.1. The molecule has 0 radical (unpaired) electrons. The minimum Gasteiger partial charge on any atom is -0.283 e. The maximum atomic E-state index is 13.8. The number of sulfonamides is 1. The van der Waals surface area contributed by atoms with Crippen LogP contribution in [0.2, 0.25) is 0 Å². The molecule has 2 aromatic heterocycles. The minimum absolute atomic E-state index is 0.0250. The molecule has 186 valence electrons. The minimum atomic E-state index is -3.58. The molecule has 0 saturated carbocycles. The number of carbonyl (C=O) groups is 1. The molecule has 0 spiro atoms. The standard InChI is InChI=1S/C27H28N4O3S2/c1-19-8-10-23(11-9-19)36(33,34)30-15-12-22(13-16-30)26(32)31(18-21-6-4-14-28-17-21)27-29-25-20(2)5-3-7-24(25)35-27/h3-11,14,17,22H,12-13,15-16,18H2,1-2H3. The zero-order valence-electron chi connectivity index (χ0n) is 20.3. The van der Waals surface area contributed by atoms with Crippen molar-refractivity contribution in [2.75, 3.05) is 18.0 Å². The van der Waals surface area contributed by atoms with Crippen molar-refractivity contribution in [3.63, 3.8) is 0 Å². The summed E-state index contributed by atoms with van der Waals surface area (Å²) in [5, 5.41) is 0.655. The zero-order chi connectivity index (χ0) is 25.3. The average Bonchev–Trinajstić information content (AvgIpc) is 3.33. The number of carbonyl (C=O) groups excluding carboxylic acids is 1. The van der Waals surface area contributed by atoms with Crippen LogP contribution in [0.5, 0.6) is 0 Å². The topological polar surface area (TPSA) is 83.5 Å². The number of aromatic nitrogens is 2. The van der Waals surface area contributed by atoms with Crippen molar-refractivity contribution in [3.8, 4) is 0 Å². The van der Waals surface area contributed by atoms with Gasteiger partial charge in [-0.15, -0.1) is 0 Å². The van der Waals surface area contributed by atoms with Crippen molar-refractivity contribution in [1.29, 1.82) is 0 Å². The number of nitrogens with zero attached hydrogens (tertiary/aromatic N) is 4. The van der Waals surface area contributed by atoms with Gasteiger partial charge < -0.3 is 0 Å². The SMILES string of the molecule is Cc1ccc(S(=O)(=O)N2CCC(C(=O)N(Cc3cccnc3)c3nc4c(C)cccc4s3)CC2)cc1. The Hall–Kier alpha value is -3.14. The van der Waals surface area contributed by atoms with Crippen LogP contribution in [0.3, 0.4) is 0 Å². The molecular formula is C27H28N4O3S2. The molecule has 1 saturated heterocycles. The number of pyridine rings is 1. The molecule has 0 unspecified atom stereocenters. The number of benzene rings is 2. The second-order valence-corrected chi connectivity index (χ2v) is 12.1. The number of aryl methyl sites for hydroxylation is 2. The van der Waals surface area contributed by atoms with E-state index in [1.165, 1.54) is 15.6 Å². The molecule has 1 fully saturated rings. The predicted octanol–water partition coefficient (Wildman–Crippen LogP) is 4.94. The van der Waals surface area contributed by atoms with Crippen LogP contribution in [-0.4, -0.2) is 41.7 Å². The average molecular weight is 521 g/mol. The number of hydrogen-bond acceptors (Lipinski definition) is 6. The molecule has 1 aliphatic rings. The van der Waals surface area contributed by atoms with Gasteiger partial charge >= 0.3 is 0 Å². The first-order valence-electron chi connectivity index (χ1n) is 12.0. The summed E-state index contributed by atoms with van der Waals surface area (Å²) in [7, 11) is -3.58. The molecule has 7 nitrogen and oxygen atoms in total. The van der Waals surface area contributed by atoms with E-state index in [0.717, 1.165) is 26.9 Å². The van der Waals surface area contributed by atoms with E-state index in [-0.39, 0.29) is 11.8 Å². The largest absolute Gasteiger partial charge is 0.283 e. The quantitative estimate of drug-likeness (QED) is 0.360. The molecule has 4 aromatic rings. The fourth-order valence-electron chi connectivity index (χ4n) is 4.53. The lowest BCUT2D eigenvalue weighted by Crippen LogP contribution is -2.44. The van der Waals surface area contributed by atoms with Gasteiger partial charge in [-0.1, -0.05) is 47.2 Å². The van der Waals surface area contributed by atoms with E-state index in [2.05, 4.69) is 4.98 Å². The fraction of sp³-hybridized carbons (Fsp3) is 0.296. The molecule has 0 aliphatic carbocycles. The van der Waals surface area contributed by atoms with Crippen LogP contribution in [-0.2, 0) is 21.4 Å². The van der Waals surface area contributed by atoms with Crippen molar-refractivity contribution in [2.24, 2.45) is 5.92 Å². The van der Waals surface area contributed by atoms with E-state index in [9.17, 15) is 13.2 Å². The maximum Gasteiger partial charge on any atom is 0.243 e. The van der Waals surface area contributed by atoms with E-state index < -0.39 is 10.0 Å². The lowest BCUT2D eigenvalue weighted by molar-refractivity contribution is -0.123. The van der Waals surface area contributed by atoms with Gasteiger partial charge in [-0.2, -0.15) is 4.31 Å². The Bertz CT molecular complexity index is 1480. The highest BCUT2D eigenvalue weighted by Gasteiger charge is 2.35. The number of fused-ring (bicyclic) bond motifs is 1. The Morgan fingerprint density at radius 2 is 1.81 bits per heavy atom. The molecule has 9 heteroatoms. The molecule has 1 amide bonds. The monoisotopic (exact) mass is 520 g/mol. The first kappa shape index (κ1) is 24.5. The summed E-state index contributed by atoms with van der Waals surface area (Å²) in [6.45, 7) is 4.94. The highest BCUT2D eigenvalue weighted by atomic mass is 32.2. The Morgan fingerprint density at radius 1 is 1.06 bits per heavy atom. The summed E-state index contributed by atoms with van der Waals surface area (Å²) < 4.78 is 28.8. The van der Waals surface area contributed by atoms with Crippen molar-refractivity contribution in [3.05, 3.63) is 83.7 Å². The van der Waals surface area contributed by atoms with Gasteiger partial charge in [0.15, 0.2) is 5.13 Å². The van der Waals surface area contributed by atoms with E-state index in [1.54, 1.807) is 41.6 Å². The summed E-state index contributed by atoms with van der Waals surface area (Å²) >= 11 is 1.50. The Balaban J connectivity index is 1.37. The molecule has 0 atom stereocenters. The summed E-state index contributed by atoms with van der Waals surface area (Å²) in [6.07, 6.45) is 4.41. The van der Waals surface area contributed by atoms with Gasteiger partial charge in [-0.3, -0.25) is 14.7 Å². The van der Waals surface area contributed by atoms with E-state index in [1.807, 2.05) is 44.2 Å². The lowest BCUT2D eigenvalue weighted by atomic mass is 9.96. The number of amides is 1. The van der Waals surface area contributed by atoms with Gasteiger partial charge in [0.05, 0.1) is 21.7 Å². The first-order valence-corrected chi connectivity index (χ1v) is 14.2. The van der Waals surface area contributed by atoms with Gasteiger partial charge in [0.25, 0.3) is 0 Å². The summed E-state index contributed by atoms with van der Waals surface area (Å²) in [4.78, 5) is 24.9. The number of hydrogen-bond donors (Lipinski definition) is 0. The van der Waals surface area contributed by atoms with Crippen molar-refractivity contribution in [2.45, 2.75) is 38.1 Å². The van der Waals surface area contributed by atoms with Crippen molar-refractivity contribution >= 4 is 42.6 Å². The van der Waals surface area contributed by atoms with Crippen LogP contribution in [0, 0.1) is 19.8 Å². The molecule has 0 bridgehead atoms. The van der Waals surface area contributed by atoms with Crippen LogP contribution < -0.4 is 4.90 Å². The molecule has 2 aromatic carbocycles. The fourth-order valence-corrected chi connectivity index (χ4v) is 7.04. The number of piperidine rings is 1. The van der Waals surface area contributed by atoms with Crippen LogP contribution in [0.4, 0.5) is 5.13 Å². The van der Waals surface area contributed by atoms with Crippen molar-refractivity contribution < 1.29 is 13.2 Å².